The van der Waals surface area contributed by atoms with Crippen molar-refractivity contribution in [3.05, 3.63) is 57.9 Å². The van der Waals surface area contributed by atoms with Gasteiger partial charge in [-0.25, -0.2) is 0 Å². The number of fused-ring (bicyclic) bond motifs is 1. The largest absolute Gasteiger partial charge is 0.467 e. The van der Waals surface area contributed by atoms with E-state index in [-0.39, 0.29) is 0 Å². The molecular formula is C17H24N4O3S. The first-order chi connectivity index (χ1) is 12.0. The first kappa shape index (κ1) is 19.1. The molecule has 25 heavy (non-hydrogen) atoms. The minimum atomic E-state index is -0.480. The number of nitrogens with zero attached hydrogens (tertiary/aromatic N) is 2. The molecule has 0 amide bonds. The van der Waals surface area contributed by atoms with Crippen molar-refractivity contribution in [1.82, 2.24) is 15.5 Å². The highest BCUT2D eigenvalue weighted by atomic mass is 32.2. The van der Waals surface area contributed by atoms with Crippen LogP contribution in [0.5, 0.6) is 0 Å². The van der Waals surface area contributed by atoms with E-state index in [9.17, 15) is 10.1 Å². The molecule has 0 fully saturated rings. The Morgan fingerprint density at radius 2 is 2.24 bits per heavy atom. The van der Waals surface area contributed by atoms with Crippen molar-refractivity contribution in [3.8, 4) is 0 Å². The lowest BCUT2D eigenvalue weighted by atomic mass is 10.1. The van der Waals surface area contributed by atoms with Crippen LogP contribution >= 0.6 is 11.8 Å². The molecule has 0 spiro atoms. The second-order valence-electron chi connectivity index (χ2n) is 5.88. The Morgan fingerprint density at radius 1 is 1.44 bits per heavy atom. The Morgan fingerprint density at radius 3 is 2.92 bits per heavy atom. The molecule has 0 saturated carbocycles. The normalized spacial score (nSPS) is 11.9. The molecule has 136 valence electrons. The highest BCUT2D eigenvalue weighted by Crippen LogP contribution is 2.26. The maximum Gasteiger partial charge on any atom is 0.274 e. The van der Waals surface area contributed by atoms with Gasteiger partial charge in [0.2, 0.25) is 0 Å². The maximum absolute atomic E-state index is 10.5. The zero-order valence-electron chi connectivity index (χ0n) is 14.7. The molecule has 0 aliphatic carbocycles. The molecule has 0 aliphatic heterocycles. The number of rotatable bonds is 10. The molecule has 0 bridgehead atoms. The van der Waals surface area contributed by atoms with Crippen LogP contribution in [0, 0.1) is 10.1 Å². The van der Waals surface area contributed by atoms with Crippen molar-refractivity contribution >= 4 is 22.5 Å². The molecule has 0 atom stereocenters. The fraction of sp³-hybridized carbons (Fsp3) is 0.412. The van der Waals surface area contributed by atoms with E-state index in [1.165, 1.54) is 5.56 Å². The van der Waals surface area contributed by atoms with Gasteiger partial charge in [0.05, 0.1) is 16.9 Å². The predicted octanol–water partition coefficient (Wildman–Crippen LogP) is 2.61. The van der Waals surface area contributed by atoms with E-state index in [1.54, 1.807) is 25.1 Å². The van der Waals surface area contributed by atoms with E-state index < -0.39 is 4.92 Å². The van der Waals surface area contributed by atoms with Crippen molar-refractivity contribution in [3.63, 3.8) is 0 Å². The minimum absolute atomic E-state index is 0.405. The van der Waals surface area contributed by atoms with E-state index in [4.69, 9.17) is 4.42 Å². The fourth-order valence-electron chi connectivity index (χ4n) is 2.45. The van der Waals surface area contributed by atoms with Gasteiger partial charge < -0.3 is 20.0 Å². The van der Waals surface area contributed by atoms with Crippen molar-refractivity contribution in [2.24, 2.45) is 0 Å². The molecule has 1 heterocycles. The van der Waals surface area contributed by atoms with Crippen LogP contribution in [-0.4, -0.2) is 43.3 Å². The Kier molecular flexibility index (Phi) is 7.15. The smallest absolute Gasteiger partial charge is 0.274 e. The lowest BCUT2D eigenvalue weighted by molar-refractivity contribution is -0.404. The van der Waals surface area contributed by atoms with Crippen LogP contribution in [0.4, 0.5) is 0 Å². The van der Waals surface area contributed by atoms with Gasteiger partial charge in [0.1, 0.15) is 5.76 Å². The molecule has 2 N–H and O–H groups in total. The average Bonchev–Trinajstić information content (AvgIpc) is 2.95. The summed E-state index contributed by atoms with van der Waals surface area (Å²) in [7, 11) is 5.75. The third-order valence-electron chi connectivity index (χ3n) is 3.54. The number of hydrogen-bond donors (Lipinski definition) is 2. The summed E-state index contributed by atoms with van der Waals surface area (Å²) in [6.07, 6.45) is 2.72. The third-order valence-corrected chi connectivity index (χ3v) is 4.50. The molecule has 8 heteroatoms. The molecule has 0 unspecified atom stereocenters. The van der Waals surface area contributed by atoms with Crippen LogP contribution < -0.4 is 10.6 Å². The predicted molar refractivity (Wildman–Crippen MR) is 102 cm³/mol. The van der Waals surface area contributed by atoms with Crippen molar-refractivity contribution in [1.29, 1.82) is 0 Å². The highest BCUT2D eigenvalue weighted by molar-refractivity contribution is 7.98. The van der Waals surface area contributed by atoms with Crippen LogP contribution in [0.3, 0.4) is 0 Å². The standard InChI is InChI=1S/C17H24N4O3S/c1-18-17(10-21(22)23)19-6-7-25-12-16-15-8-13(9-20(2)3)4-5-14(15)11-24-16/h4-5,8,10-11,18-19H,6-7,9,12H2,1-3H3. The summed E-state index contributed by atoms with van der Waals surface area (Å²) >= 11 is 1.73. The molecule has 2 aromatic rings. The first-order valence-corrected chi connectivity index (χ1v) is 9.13. The summed E-state index contributed by atoms with van der Waals surface area (Å²) in [5, 5.41) is 18.5. The van der Waals surface area contributed by atoms with Crippen LogP contribution in [0.15, 0.2) is 40.9 Å². The van der Waals surface area contributed by atoms with Crippen molar-refractivity contribution in [2.75, 3.05) is 33.4 Å². The monoisotopic (exact) mass is 364 g/mol. The molecule has 1 aromatic heterocycles. The Hall–Kier alpha value is -2.19. The fourth-order valence-corrected chi connectivity index (χ4v) is 3.25. The molecule has 0 saturated heterocycles. The molecule has 2 rings (SSSR count). The Balaban J connectivity index is 1.87. The van der Waals surface area contributed by atoms with Gasteiger partial charge in [0.15, 0.2) is 5.82 Å². The number of thioether (sulfide) groups is 1. The lowest BCUT2D eigenvalue weighted by Gasteiger charge is -2.09. The van der Waals surface area contributed by atoms with Crippen LogP contribution in [-0.2, 0) is 12.3 Å². The maximum atomic E-state index is 10.5. The van der Waals surface area contributed by atoms with Crippen LogP contribution in [0.25, 0.3) is 10.8 Å². The summed E-state index contributed by atoms with van der Waals surface area (Å²) < 4.78 is 5.71. The van der Waals surface area contributed by atoms with Gasteiger partial charge >= 0.3 is 0 Å². The van der Waals surface area contributed by atoms with Gasteiger partial charge in [-0.1, -0.05) is 12.1 Å². The SMILES string of the molecule is CNC(=C[N+](=O)[O-])NCCSCc1occ2ccc(CN(C)C)cc12. The quantitative estimate of drug-likeness (QED) is 0.381. The second kappa shape index (κ2) is 9.33. The summed E-state index contributed by atoms with van der Waals surface area (Å²) in [6, 6.07) is 6.40. The molecule has 0 radical (unpaired) electrons. The molecule has 7 nitrogen and oxygen atoms in total. The number of hydrogen-bond acceptors (Lipinski definition) is 7. The number of nitrogens with one attached hydrogen (secondary N) is 2. The average molecular weight is 364 g/mol. The van der Waals surface area contributed by atoms with E-state index in [0.29, 0.717) is 12.4 Å². The van der Waals surface area contributed by atoms with Crippen molar-refractivity contribution in [2.45, 2.75) is 12.3 Å². The number of benzene rings is 1. The minimum Gasteiger partial charge on any atom is -0.467 e. The summed E-state index contributed by atoms with van der Waals surface area (Å²) in [4.78, 5) is 12.1. The number of nitro groups is 1. The van der Waals surface area contributed by atoms with E-state index in [2.05, 4.69) is 47.8 Å². The Labute approximate surface area is 151 Å². The van der Waals surface area contributed by atoms with Gasteiger partial charge in [-0.05, 0) is 25.7 Å². The van der Waals surface area contributed by atoms with Crippen molar-refractivity contribution < 1.29 is 9.34 Å². The Bertz CT molecular complexity index is 743. The summed E-state index contributed by atoms with van der Waals surface area (Å²) in [6.45, 7) is 1.53. The summed E-state index contributed by atoms with van der Waals surface area (Å²) in [5.74, 6) is 2.96. The third kappa shape index (κ3) is 5.99. The van der Waals surface area contributed by atoms with E-state index >= 15 is 0 Å². The zero-order chi connectivity index (χ0) is 18.2. The zero-order valence-corrected chi connectivity index (χ0v) is 15.6. The highest BCUT2D eigenvalue weighted by Gasteiger charge is 2.08. The van der Waals surface area contributed by atoms with Gasteiger partial charge in [-0.2, -0.15) is 11.8 Å². The number of furan rings is 1. The van der Waals surface area contributed by atoms with Crippen LogP contribution in [0.2, 0.25) is 0 Å². The van der Waals surface area contributed by atoms with E-state index in [1.807, 2.05) is 0 Å². The topological polar surface area (TPSA) is 83.6 Å². The van der Waals surface area contributed by atoms with Gasteiger partial charge in [-0.3, -0.25) is 10.1 Å². The lowest BCUT2D eigenvalue weighted by Crippen LogP contribution is -2.26. The van der Waals surface area contributed by atoms with Gasteiger partial charge in [0, 0.05) is 36.7 Å². The first-order valence-electron chi connectivity index (χ1n) is 7.98. The van der Waals surface area contributed by atoms with E-state index in [0.717, 1.165) is 40.8 Å². The molecule has 1 aromatic carbocycles. The summed E-state index contributed by atoms with van der Waals surface area (Å²) in [5.41, 5.74) is 1.26. The molecule has 0 aliphatic rings. The van der Waals surface area contributed by atoms with Gasteiger partial charge in [0.25, 0.3) is 6.20 Å². The van der Waals surface area contributed by atoms with Gasteiger partial charge in [-0.15, -0.1) is 0 Å². The second-order valence-corrected chi connectivity index (χ2v) is 6.98. The molecular weight excluding hydrogens is 340 g/mol. The van der Waals surface area contributed by atoms with Crippen LogP contribution in [0.1, 0.15) is 11.3 Å².